The summed E-state index contributed by atoms with van der Waals surface area (Å²) in [5.41, 5.74) is 2.07. The number of guanidine groups is 1. The zero-order valence-corrected chi connectivity index (χ0v) is 18.7. The molecule has 1 aromatic carbocycles. The van der Waals surface area contributed by atoms with Gasteiger partial charge in [0.05, 0.1) is 13.2 Å². The predicted octanol–water partition coefficient (Wildman–Crippen LogP) is 4.28. The molecule has 2 N–H and O–H groups in total. The number of rotatable bonds is 6. The molecule has 0 aromatic heterocycles. The van der Waals surface area contributed by atoms with Gasteiger partial charge in [0, 0.05) is 30.6 Å². The lowest BCUT2D eigenvalue weighted by Crippen LogP contribution is -2.43. The fourth-order valence-electron chi connectivity index (χ4n) is 2.79. The molecule has 0 amide bonds. The first-order valence-electron chi connectivity index (χ1n) is 8.58. The number of benzene rings is 1. The van der Waals surface area contributed by atoms with Crippen molar-refractivity contribution >= 4 is 41.5 Å². The molecule has 0 saturated heterocycles. The summed E-state index contributed by atoms with van der Waals surface area (Å²) in [7, 11) is 1.75. The lowest BCUT2D eigenvalue weighted by molar-refractivity contribution is 0.153. The Morgan fingerprint density at radius 3 is 2.73 bits per heavy atom. The van der Waals surface area contributed by atoms with Gasteiger partial charge >= 0.3 is 0 Å². The van der Waals surface area contributed by atoms with Crippen molar-refractivity contribution in [2.24, 2.45) is 4.99 Å². The molecule has 0 aliphatic carbocycles. The van der Waals surface area contributed by atoms with E-state index in [1.807, 2.05) is 0 Å². The second-order valence-corrected chi connectivity index (χ2v) is 7.21. The molecule has 0 unspecified atom stereocenters. The second kappa shape index (κ2) is 11.1. The molecule has 0 atom stereocenters. The molecule has 0 fully saturated rings. The van der Waals surface area contributed by atoms with Gasteiger partial charge in [-0.1, -0.05) is 43.2 Å². The van der Waals surface area contributed by atoms with Crippen LogP contribution in [0.3, 0.4) is 0 Å². The summed E-state index contributed by atoms with van der Waals surface area (Å²) in [4.78, 5) is 4.26. The quantitative estimate of drug-likeness (QED) is 0.268. The lowest BCUT2D eigenvalue weighted by atomic mass is 9.84. The van der Waals surface area contributed by atoms with Crippen LogP contribution < -0.4 is 10.6 Å². The third-order valence-corrected chi connectivity index (χ3v) is 4.69. The Kier molecular flexibility index (Phi) is 9.89. The zero-order chi connectivity index (χ0) is 18.3. The van der Waals surface area contributed by atoms with Crippen molar-refractivity contribution < 1.29 is 9.13 Å². The monoisotopic (exact) mass is 495 g/mol. The highest BCUT2D eigenvalue weighted by Crippen LogP contribution is 2.29. The number of nitrogens with zero attached hydrogens (tertiary/aromatic N) is 1. The van der Waals surface area contributed by atoms with E-state index >= 15 is 0 Å². The summed E-state index contributed by atoms with van der Waals surface area (Å²) in [6, 6.07) is 4.54. The Morgan fingerprint density at radius 1 is 1.35 bits per heavy atom. The van der Waals surface area contributed by atoms with E-state index in [-0.39, 0.29) is 35.2 Å². The maximum Gasteiger partial charge on any atom is 0.191 e. The molecule has 0 saturated carbocycles. The van der Waals surface area contributed by atoms with Crippen LogP contribution in [0.15, 0.2) is 34.8 Å². The Bertz CT molecular complexity index is 650. The molecule has 1 aromatic rings. The van der Waals surface area contributed by atoms with E-state index in [0.29, 0.717) is 11.6 Å². The van der Waals surface area contributed by atoms with Crippen LogP contribution in [-0.4, -0.2) is 39.3 Å². The van der Waals surface area contributed by atoms with Gasteiger partial charge in [0.25, 0.3) is 0 Å². The second-order valence-electron chi connectivity index (χ2n) is 6.80. The van der Waals surface area contributed by atoms with Crippen molar-refractivity contribution in [2.75, 3.05) is 33.4 Å². The first-order chi connectivity index (χ1) is 11.9. The Morgan fingerprint density at radius 2 is 2.12 bits per heavy atom. The van der Waals surface area contributed by atoms with Crippen molar-refractivity contribution in [3.8, 4) is 0 Å². The van der Waals surface area contributed by atoms with Crippen LogP contribution in [0.1, 0.15) is 32.3 Å². The normalized spacial score (nSPS) is 15.1. The predicted molar refractivity (Wildman–Crippen MR) is 117 cm³/mol. The van der Waals surface area contributed by atoms with Crippen molar-refractivity contribution in [2.45, 2.75) is 32.1 Å². The van der Waals surface area contributed by atoms with Gasteiger partial charge in [-0.05, 0) is 30.5 Å². The molecule has 26 heavy (non-hydrogen) atoms. The molecule has 1 aliphatic rings. The summed E-state index contributed by atoms with van der Waals surface area (Å²) in [6.45, 7) is 7.12. The Hall–Kier alpha value is -0.860. The molecule has 0 spiro atoms. The minimum atomic E-state index is -0.322. The highest BCUT2D eigenvalue weighted by molar-refractivity contribution is 14.0. The van der Waals surface area contributed by atoms with Gasteiger partial charge in [0.2, 0.25) is 0 Å². The molecule has 1 aliphatic heterocycles. The molecule has 146 valence electrons. The molecular formula is C19H28ClFIN3O. The van der Waals surface area contributed by atoms with E-state index in [1.165, 1.54) is 17.7 Å². The average Bonchev–Trinajstić information content (AvgIpc) is 2.58. The standard InChI is InChI=1S/C19H27ClFN3O.HI/c1-19(2,16-5-4-15(21)12-17(16)20)13-24-18(22-3)23-9-6-14-7-10-25-11-8-14;/h4-5,7,12H,6,8-11,13H2,1-3H3,(H2,22,23,24);1H. The maximum atomic E-state index is 13.3. The van der Waals surface area contributed by atoms with Crippen molar-refractivity contribution in [1.82, 2.24) is 10.6 Å². The Balaban J connectivity index is 0.00000338. The maximum absolute atomic E-state index is 13.3. The highest BCUT2D eigenvalue weighted by atomic mass is 127. The number of ether oxygens (including phenoxy) is 1. The van der Waals surface area contributed by atoms with Crippen molar-refractivity contribution in [3.05, 3.63) is 46.3 Å². The van der Waals surface area contributed by atoms with Crippen LogP contribution >= 0.6 is 35.6 Å². The number of nitrogens with one attached hydrogen (secondary N) is 2. The fraction of sp³-hybridized carbons (Fsp3) is 0.526. The van der Waals surface area contributed by atoms with E-state index in [0.717, 1.165) is 44.1 Å². The van der Waals surface area contributed by atoms with E-state index < -0.39 is 0 Å². The molecule has 1 heterocycles. The zero-order valence-electron chi connectivity index (χ0n) is 15.6. The summed E-state index contributed by atoms with van der Waals surface area (Å²) in [5.74, 6) is 0.427. The number of hydrogen-bond acceptors (Lipinski definition) is 2. The van der Waals surface area contributed by atoms with Gasteiger partial charge in [-0.2, -0.15) is 0 Å². The minimum Gasteiger partial charge on any atom is -0.377 e. The van der Waals surface area contributed by atoms with Gasteiger partial charge in [-0.3, -0.25) is 4.99 Å². The Labute approximate surface area is 177 Å². The van der Waals surface area contributed by atoms with E-state index in [4.69, 9.17) is 16.3 Å². The van der Waals surface area contributed by atoms with E-state index in [9.17, 15) is 4.39 Å². The van der Waals surface area contributed by atoms with Gasteiger partial charge in [-0.15, -0.1) is 24.0 Å². The largest absolute Gasteiger partial charge is 0.377 e. The van der Waals surface area contributed by atoms with Gasteiger partial charge in [0.15, 0.2) is 5.96 Å². The molecule has 4 nitrogen and oxygen atoms in total. The number of halogens is 3. The van der Waals surface area contributed by atoms with Gasteiger partial charge in [-0.25, -0.2) is 4.39 Å². The number of aliphatic imine (C=N–C) groups is 1. The fourth-order valence-corrected chi connectivity index (χ4v) is 3.22. The lowest BCUT2D eigenvalue weighted by Gasteiger charge is -2.28. The van der Waals surface area contributed by atoms with Crippen LogP contribution in [0, 0.1) is 5.82 Å². The van der Waals surface area contributed by atoms with Crippen molar-refractivity contribution in [1.29, 1.82) is 0 Å². The van der Waals surface area contributed by atoms with Crippen LogP contribution in [0.4, 0.5) is 4.39 Å². The van der Waals surface area contributed by atoms with Gasteiger partial charge in [0.1, 0.15) is 5.82 Å². The summed E-state index contributed by atoms with van der Waals surface area (Å²) >= 11 is 6.20. The molecule has 0 radical (unpaired) electrons. The van der Waals surface area contributed by atoms with Gasteiger partial charge < -0.3 is 15.4 Å². The first kappa shape index (κ1) is 23.2. The number of hydrogen-bond donors (Lipinski definition) is 2. The third kappa shape index (κ3) is 7.04. The SMILES string of the molecule is CN=C(NCCC1=CCOCC1)NCC(C)(C)c1ccc(F)cc1Cl.I. The van der Waals surface area contributed by atoms with Crippen LogP contribution in [0.5, 0.6) is 0 Å². The minimum absolute atomic E-state index is 0. The van der Waals surface area contributed by atoms with Crippen LogP contribution in [0.2, 0.25) is 5.02 Å². The summed E-state index contributed by atoms with van der Waals surface area (Å²) in [5, 5.41) is 7.10. The smallest absolute Gasteiger partial charge is 0.191 e. The summed E-state index contributed by atoms with van der Waals surface area (Å²) < 4.78 is 18.6. The molecule has 0 bridgehead atoms. The van der Waals surface area contributed by atoms with E-state index in [1.54, 1.807) is 13.1 Å². The molecule has 2 rings (SSSR count). The van der Waals surface area contributed by atoms with Crippen molar-refractivity contribution in [3.63, 3.8) is 0 Å². The highest BCUT2D eigenvalue weighted by Gasteiger charge is 2.24. The van der Waals surface area contributed by atoms with E-state index in [2.05, 4.69) is 35.5 Å². The molecule has 7 heteroatoms. The first-order valence-corrected chi connectivity index (χ1v) is 8.96. The molecular weight excluding hydrogens is 468 g/mol. The average molecular weight is 496 g/mol. The third-order valence-electron chi connectivity index (χ3n) is 4.38. The van der Waals surface area contributed by atoms with Crippen LogP contribution in [0.25, 0.3) is 0 Å². The van der Waals surface area contributed by atoms with Crippen LogP contribution in [-0.2, 0) is 10.2 Å². The topological polar surface area (TPSA) is 45.7 Å². The summed E-state index contributed by atoms with van der Waals surface area (Å²) in [6.07, 6.45) is 4.14.